The van der Waals surface area contributed by atoms with Gasteiger partial charge in [0, 0.05) is 4.88 Å². The smallest absolute Gasteiger partial charge is 0.210 e. The number of hydrogen-bond donors (Lipinski definition) is 1. The van der Waals surface area contributed by atoms with Crippen molar-refractivity contribution in [1.29, 1.82) is 0 Å². The highest BCUT2D eigenvalue weighted by molar-refractivity contribution is 7.14. The molecule has 1 heterocycles. The van der Waals surface area contributed by atoms with E-state index in [9.17, 15) is 9.90 Å². The summed E-state index contributed by atoms with van der Waals surface area (Å²) in [5.74, 6) is 2.40. The van der Waals surface area contributed by atoms with Crippen molar-refractivity contribution < 1.29 is 19.4 Å². The van der Waals surface area contributed by atoms with Gasteiger partial charge in [-0.1, -0.05) is 19.9 Å². The summed E-state index contributed by atoms with van der Waals surface area (Å²) in [6.45, 7) is 6.73. The van der Waals surface area contributed by atoms with E-state index in [0.29, 0.717) is 28.7 Å². The zero-order valence-electron chi connectivity index (χ0n) is 15.6. The molecule has 4 nitrogen and oxygen atoms in total. The second-order valence-corrected chi connectivity index (χ2v) is 9.07. The Morgan fingerprint density at radius 1 is 1.35 bits per heavy atom. The van der Waals surface area contributed by atoms with Gasteiger partial charge in [-0.05, 0) is 59.4 Å². The number of thiophene rings is 1. The lowest BCUT2D eigenvalue weighted by molar-refractivity contribution is 0.0922. The van der Waals surface area contributed by atoms with Crippen LogP contribution >= 0.6 is 11.3 Å². The summed E-state index contributed by atoms with van der Waals surface area (Å²) in [6.07, 6.45) is 1.02. The third kappa shape index (κ3) is 2.57. The van der Waals surface area contributed by atoms with Gasteiger partial charge in [-0.25, -0.2) is 0 Å². The Labute approximate surface area is 157 Å². The number of aliphatic hydroxyl groups excluding tert-OH is 1. The maximum absolute atomic E-state index is 12.8. The number of benzene rings is 1. The van der Waals surface area contributed by atoms with E-state index >= 15 is 0 Å². The molecule has 138 valence electrons. The maximum atomic E-state index is 12.8. The van der Waals surface area contributed by atoms with Crippen molar-refractivity contribution in [1.82, 2.24) is 0 Å². The van der Waals surface area contributed by atoms with Crippen molar-refractivity contribution >= 4 is 17.1 Å². The summed E-state index contributed by atoms with van der Waals surface area (Å²) >= 11 is 1.61. The number of rotatable bonds is 6. The Morgan fingerprint density at radius 2 is 2.12 bits per heavy atom. The number of ether oxygens (including phenoxy) is 2. The van der Waals surface area contributed by atoms with Crippen LogP contribution in [0.4, 0.5) is 0 Å². The summed E-state index contributed by atoms with van der Waals surface area (Å²) in [6, 6.07) is 5.23. The number of Topliss-reactive ketones (excluding diaryl/α,β-unsaturated/α-hetero) is 1. The number of aryl methyl sites for hydroxylation is 1. The SMILES string of the molecule is COc1cc(CO)ccc1OCC(=O)c1sc(C)c2c1C[C@@H]1[C@H]2C1(C)C. The number of carbonyl (C=O) groups excluding carboxylic acids is 1. The molecule has 0 aliphatic heterocycles. The molecule has 5 heteroatoms. The van der Waals surface area contributed by atoms with Crippen LogP contribution in [0.1, 0.15) is 51.0 Å². The molecule has 1 fully saturated rings. The fourth-order valence-corrected chi connectivity index (χ4v) is 5.65. The van der Waals surface area contributed by atoms with Crippen molar-refractivity contribution in [2.24, 2.45) is 11.3 Å². The molecule has 4 rings (SSSR count). The predicted molar refractivity (Wildman–Crippen MR) is 102 cm³/mol. The van der Waals surface area contributed by atoms with Crippen molar-refractivity contribution in [3.8, 4) is 11.5 Å². The van der Waals surface area contributed by atoms with Crippen LogP contribution in [0.3, 0.4) is 0 Å². The van der Waals surface area contributed by atoms with Gasteiger partial charge < -0.3 is 14.6 Å². The number of methoxy groups -OCH3 is 1. The molecule has 2 aliphatic carbocycles. The van der Waals surface area contributed by atoms with Crippen LogP contribution in [0.15, 0.2) is 18.2 Å². The molecule has 26 heavy (non-hydrogen) atoms. The topological polar surface area (TPSA) is 55.8 Å². The summed E-state index contributed by atoms with van der Waals surface area (Å²) in [7, 11) is 1.55. The summed E-state index contributed by atoms with van der Waals surface area (Å²) in [5, 5.41) is 9.22. The van der Waals surface area contributed by atoms with E-state index in [4.69, 9.17) is 9.47 Å². The minimum absolute atomic E-state index is 0.0000484. The molecule has 0 radical (unpaired) electrons. The molecule has 0 bridgehead atoms. The molecule has 0 unspecified atom stereocenters. The Morgan fingerprint density at radius 3 is 2.81 bits per heavy atom. The van der Waals surface area contributed by atoms with Crippen molar-refractivity contribution in [3.63, 3.8) is 0 Å². The van der Waals surface area contributed by atoms with Crippen molar-refractivity contribution in [3.05, 3.63) is 44.6 Å². The van der Waals surface area contributed by atoms with Crippen LogP contribution in [-0.4, -0.2) is 24.6 Å². The zero-order valence-corrected chi connectivity index (χ0v) is 16.4. The number of fused-ring (bicyclic) bond motifs is 3. The number of carbonyl (C=O) groups is 1. The van der Waals surface area contributed by atoms with Crippen molar-refractivity contribution in [2.45, 2.75) is 39.7 Å². The molecule has 1 aromatic heterocycles. The first-order chi connectivity index (χ1) is 12.4. The van der Waals surface area contributed by atoms with Crippen LogP contribution in [0.25, 0.3) is 0 Å². The van der Waals surface area contributed by atoms with Crippen LogP contribution in [0.5, 0.6) is 11.5 Å². The molecular formula is C21H24O4S. The molecule has 0 amide bonds. The van der Waals surface area contributed by atoms with Crippen LogP contribution in [-0.2, 0) is 13.0 Å². The Balaban J connectivity index is 1.51. The first kappa shape index (κ1) is 17.6. The summed E-state index contributed by atoms with van der Waals surface area (Å²) in [4.78, 5) is 15.0. The molecule has 2 aromatic rings. The average molecular weight is 372 g/mol. The second kappa shape index (κ2) is 6.10. The van der Waals surface area contributed by atoms with Gasteiger partial charge in [0.25, 0.3) is 0 Å². The van der Waals surface area contributed by atoms with E-state index in [1.807, 2.05) is 0 Å². The number of ketones is 1. The van der Waals surface area contributed by atoms with Gasteiger partial charge in [0.05, 0.1) is 18.6 Å². The van der Waals surface area contributed by atoms with Gasteiger partial charge in [0.1, 0.15) is 0 Å². The van der Waals surface area contributed by atoms with Gasteiger partial charge in [-0.3, -0.25) is 4.79 Å². The minimum Gasteiger partial charge on any atom is -0.493 e. The predicted octanol–water partition coefficient (Wildman–Crippen LogP) is 4.11. The monoisotopic (exact) mass is 372 g/mol. The third-order valence-corrected chi connectivity index (χ3v) is 7.25. The van der Waals surface area contributed by atoms with Gasteiger partial charge in [-0.2, -0.15) is 0 Å². The van der Waals surface area contributed by atoms with E-state index in [1.165, 1.54) is 16.0 Å². The number of aliphatic hydroxyl groups is 1. The van der Waals surface area contributed by atoms with E-state index in [0.717, 1.165) is 16.9 Å². The molecule has 1 aromatic carbocycles. The molecular weight excluding hydrogens is 348 g/mol. The molecule has 0 spiro atoms. The Bertz CT molecular complexity index is 880. The van der Waals surface area contributed by atoms with Crippen LogP contribution in [0, 0.1) is 18.3 Å². The molecule has 1 N–H and O–H groups in total. The highest BCUT2D eigenvalue weighted by atomic mass is 32.1. The van der Waals surface area contributed by atoms with Gasteiger partial charge in [0.15, 0.2) is 18.1 Å². The van der Waals surface area contributed by atoms with Gasteiger partial charge in [0.2, 0.25) is 5.78 Å². The first-order valence-electron chi connectivity index (χ1n) is 8.94. The first-order valence-corrected chi connectivity index (χ1v) is 9.76. The fraction of sp³-hybridized carbons (Fsp3) is 0.476. The lowest BCUT2D eigenvalue weighted by atomic mass is 9.95. The van der Waals surface area contributed by atoms with Crippen LogP contribution in [0.2, 0.25) is 0 Å². The normalized spacial score (nSPS) is 21.9. The lowest BCUT2D eigenvalue weighted by Gasteiger charge is -2.12. The molecule has 1 saturated carbocycles. The standard InChI is InChI=1S/C21H24O4S/c1-11-18-13(8-14-19(18)21(14,2)3)20(26-11)15(23)10-25-16-6-5-12(9-22)7-17(16)24-4/h5-7,14,19,22H,8-10H2,1-4H3/t14-,19-/m1/s1. The third-order valence-electron chi connectivity index (χ3n) is 6.04. The maximum Gasteiger partial charge on any atom is 0.210 e. The van der Waals surface area contributed by atoms with E-state index in [2.05, 4.69) is 20.8 Å². The van der Waals surface area contributed by atoms with Crippen molar-refractivity contribution in [2.75, 3.05) is 13.7 Å². The molecule has 2 atom stereocenters. The van der Waals surface area contributed by atoms with Gasteiger partial charge >= 0.3 is 0 Å². The van der Waals surface area contributed by atoms with Gasteiger partial charge in [-0.15, -0.1) is 11.3 Å². The highest BCUT2D eigenvalue weighted by Gasteiger charge is 2.63. The lowest BCUT2D eigenvalue weighted by Crippen LogP contribution is -2.13. The zero-order chi connectivity index (χ0) is 18.6. The fourth-order valence-electron chi connectivity index (χ4n) is 4.50. The number of hydrogen-bond acceptors (Lipinski definition) is 5. The average Bonchev–Trinajstić information content (AvgIpc) is 2.98. The Hall–Kier alpha value is -1.85. The minimum atomic E-state index is -0.0607. The Kier molecular flexibility index (Phi) is 4.12. The summed E-state index contributed by atoms with van der Waals surface area (Å²) in [5.41, 5.74) is 3.82. The largest absolute Gasteiger partial charge is 0.493 e. The van der Waals surface area contributed by atoms with E-state index < -0.39 is 0 Å². The quantitative estimate of drug-likeness (QED) is 0.775. The van der Waals surface area contributed by atoms with E-state index in [-0.39, 0.29) is 19.0 Å². The van der Waals surface area contributed by atoms with E-state index in [1.54, 1.807) is 36.6 Å². The highest BCUT2D eigenvalue weighted by Crippen LogP contribution is 2.71. The molecule has 0 saturated heterocycles. The molecule has 2 aliphatic rings. The van der Waals surface area contributed by atoms with Crippen LogP contribution < -0.4 is 9.47 Å². The second-order valence-electron chi connectivity index (χ2n) is 7.84. The summed E-state index contributed by atoms with van der Waals surface area (Å²) < 4.78 is 11.0.